The molecule has 0 radical (unpaired) electrons. The molecule has 0 fully saturated rings. The molecular formula is C26H48N8O8. The molecule has 0 aliphatic heterocycles. The molecule has 2 aromatic rings. The molecule has 2 rings (SSSR count). The van der Waals surface area contributed by atoms with Crippen molar-refractivity contribution in [3.63, 3.8) is 0 Å². The summed E-state index contributed by atoms with van der Waals surface area (Å²) in [6.07, 6.45) is 6.49. The predicted molar refractivity (Wildman–Crippen MR) is 153 cm³/mol. The van der Waals surface area contributed by atoms with Crippen LogP contribution in [0, 0.1) is 0 Å². The first-order valence-electron chi connectivity index (χ1n) is 13.6. The minimum atomic E-state index is -0.383. The van der Waals surface area contributed by atoms with E-state index in [9.17, 15) is 0 Å². The zero-order valence-electron chi connectivity index (χ0n) is 24.4. The van der Waals surface area contributed by atoms with Crippen molar-refractivity contribution in [1.29, 1.82) is 0 Å². The van der Waals surface area contributed by atoms with Crippen molar-refractivity contribution in [3.8, 4) is 0 Å². The first-order chi connectivity index (χ1) is 20.3. The Balaban J connectivity index is 0.000000422. The molecule has 0 aliphatic carbocycles. The highest BCUT2D eigenvalue weighted by molar-refractivity contribution is 5.04. The van der Waals surface area contributed by atoms with Crippen LogP contribution >= 0.6 is 0 Å². The summed E-state index contributed by atoms with van der Waals surface area (Å²) in [5, 5.41) is 78.2. The maximum Gasteiger partial charge on any atom is 0.0728 e. The summed E-state index contributed by atoms with van der Waals surface area (Å²) in [6.45, 7) is 0.640. The highest BCUT2D eigenvalue weighted by Crippen LogP contribution is 2.06. The number of nitrogens with one attached hydrogen (secondary N) is 2. The van der Waals surface area contributed by atoms with E-state index in [2.05, 4.69) is 30.6 Å². The summed E-state index contributed by atoms with van der Waals surface area (Å²) in [5.41, 5.74) is 2.84. The summed E-state index contributed by atoms with van der Waals surface area (Å²) in [6, 6.07) is -1.40. The van der Waals surface area contributed by atoms with Crippen LogP contribution < -0.4 is 10.6 Å². The van der Waals surface area contributed by atoms with Crippen LogP contribution in [0.3, 0.4) is 0 Å². The lowest BCUT2D eigenvalue weighted by Gasteiger charge is -2.25. The molecule has 0 unspecified atom stereocenters. The Labute approximate surface area is 246 Å². The van der Waals surface area contributed by atoms with E-state index in [1.165, 1.54) is 0 Å². The Bertz CT molecular complexity index is 863. The van der Waals surface area contributed by atoms with Crippen molar-refractivity contribution in [2.75, 3.05) is 67.0 Å². The van der Waals surface area contributed by atoms with E-state index < -0.39 is 0 Å². The van der Waals surface area contributed by atoms with Gasteiger partial charge in [-0.2, -0.15) is 0 Å². The maximum atomic E-state index is 9.13. The summed E-state index contributed by atoms with van der Waals surface area (Å²) >= 11 is 0. The van der Waals surface area contributed by atoms with Crippen LogP contribution in [0.1, 0.15) is 22.8 Å². The van der Waals surface area contributed by atoms with Gasteiger partial charge in [-0.1, -0.05) is 0 Å². The average molecular weight is 601 g/mol. The van der Waals surface area contributed by atoms with Crippen LogP contribution in [-0.4, -0.2) is 162 Å². The standard InChI is InChI=1S/C14H26N4O4.C12H22N4O4/c1-17(13(7-19)8-20)5-11-3-16-12(4-15-11)6-18(2)14(9-21)10-22;17-5-11(6-18)14-3-9-1-13-2-10(16-9)4-15-12(7-19)8-20/h3-4,13-14,19-22H,5-10H2,1-2H3;1-2,11-12,14-15,17-20H,3-8H2. The summed E-state index contributed by atoms with van der Waals surface area (Å²) < 4.78 is 0. The van der Waals surface area contributed by atoms with Gasteiger partial charge in [0.15, 0.2) is 0 Å². The molecule has 16 heteroatoms. The van der Waals surface area contributed by atoms with Gasteiger partial charge in [0.25, 0.3) is 0 Å². The molecule has 0 aliphatic rings. The molecule has 240 valence electrons. The van der Waals surface area contributed by atoms with Crippen LogP contribution in [0.5, 0.6) is 0 Å². The van der Waals surface area contributed by atoms with E-state index in [4.69, 9.17) is 40.9 Å². The molecule has 0 aromatic carbocycles. The number of nitrogens with zero attached hydrogens (tertiary/aromatic N) is 6. The van der Waals surface area contributed by atoms with Crippen molar-refractivity contribution in [3.05, 3.63) is 47.6 Å². The molecule has 16 nitrogen and oxygen atoms in total. The van der Waals surface area contributed by atoms with Gasteiger partial charge >= 0.3 is 0 Å². The fourth-order valence-electron chi connectivity index (χ4n) is 3.48. The number of aliphatic hydroxyl groups excluding tert-OH is 8. The van der Waals surface area contributed by atoms with Gasteiger partial charge in [-0.25, -0.2) is 0 Å². The van der Waals surface area contributed by atoms with Crippen molar-refractivity contribution in [2.45, 2.75) is 50.3 Å². The van der Waals surface area contributed by atoms with Crippen molar-refractivity contribution in [1.82, 2.24) is 40.4 Å². The minimum Gasteiger partial charge on any atom is -0.395 e. The summed E-state index contributed by atoms with van der Waals surface area (Å²) in [4.78, 5) is 20.6. The third-order valence-corrected chi connectivity index (χ3v) is 6.43. The van der Waals surface area contributed by atoms with Gasteiger partial charge in [-0.15, -0.1) is 0 Å². The first-order valence-corrected chi connectivity index (χ1v) is 13.6. The zero-order valence-corrected chi connectivity index (χ0v) is 24.4. The second-order valence-electron chi connectivity index (χ2n) is 9.75. The molecule has 2 heterocycles. The van der Waals surface area contributed by atoms with E-state index in [1.54, 1.807) is 38.9 Å². The number of likely N-dealkylation sites (N-methyl/N-ethyl adjacent to an activating group) is 2. The van der Waals surface area contributed by atoms with E-state index >= 15 is 0 Å². The van der Waals surface area contributed by atoms with E-state index in [0.717, 1.165) is 11.4 Å². The minimum absolute atomic E-state index is 0.118. The Morgan fingerprint density at radius 2 is 0.905 bits per heavy atom. The quantitative estimate of drug-likeness (QED) is 0.0687. The molecule has 42 heavy (non-hydrogen) atoms. The average Bonchev–Trinajstić information content (AvgIpc) is 3.01. The molecule has 0 spiro atoms. The van der Waals surface area contributed by atoms with Gasteiger partial charge in [0.2, 0.25) is 0 Å². The number of rotatable bonds is 20. The third kappa shape index (κ3) is 14.2. The van der Waals surface area contributed by atoms with E-state index in [-0.39, 0.29) is 77.0 Å². The lowest BCUT2D eigenvalue weighted by atomic mass is 10.2. The predicted octanol–water partition coefficient (Wildman–Crippen LogP) is -4.59. The second-order valence-corrected chi connectivity index (χ2v) is 9.75. The fraction of sp³-hybridized carbons (Fsp3) is 0.692. The summed E-state index contributed by atoms with van der Waals surface area (Å²) in [7, 11) is 3.60. The highest BCUT2D eigenvalue weighted by atomic mass is 16.3. The molecule has 10 N–H and O–H groups in total. The largest absolute Gasteiger partial charge is 0.395 e. The molecule has 0 saturated carbocycles. The summed E-state index contributed by atoms with van der Waals surface area (Å²) in [5.74, 6) is 0. The zero-order chi connectivity index (χ0) is 31.3. The van der Waals surface area contributed by atoms with Gasteiger partial charge in [0.05, 0.1) is 112 Å². The normalized spacial score (nSPS) is 11.8. The van der Waals surface area contributed by atoms with Crippen molar-refractivity contribution >= 4 is 0 Å². The molecule has 0 amide bonds. The Hall–Kier alpha value is -2.32. The number of aliphatic hydroxyl groups is 8. The van der Waals surface area contributed by atoms with E-state index in [0.29, 0.717) is 37.6 Å². The third-order valence-electron chi connectivity index (χ3n) is 6.43. The van der Waals surface area contributed by atoms with Crippen LogP contribution in [0.4, 0.5) is 0 Å². The van der Waals surface area contributed by atoms with Gasteiger partial charge in [0, 0.05) is 38.6 Å². The molecular weight excluding hydrogens is 552 g/mol. The van der Waals surface area contributed by atoms with E-state index in [1.807, 2.05) is 9.80 Å². The molecule has 0 saturated heterocycles. The second kappa shape index (κ2) is 22.3. The van der Waals surface area contributed by atoms with Crippen LogP contribution in [0.2, 0.25) is 0 Å². The highest BCUT2D eigenvalue weighted by Gasteiger charge is 2.15. The molecule has 0 bridgehead atoms. The van der Waals surface area contributed by atoms with Gasteiger partial charge < -0.3 is 51.5 Å². The number of hydrogen-bond acceptors (Lipinski definition) is 16. The Morgan fingerprint density at radius 3 is 1.19 bits per heavy atom. The Morgan fingerprint density at radius 1 is 0.548 bits per heavy atom. The van der Waals surface area contributed by atoms with Gasteiger partial charge in [-0.3, -0.25) is 29.7 Å². The number of aromatic nitrogens is 4. The lowest BCUT2D eigenvalue weighted by Crippen LogP contribution is -2.38. The number of hydrogen-bond donors (Lipinski definition) is 10. The first kappa shape index (κ1) is 37.7. The van der Waals surface area contributed by atoms with Crippen molar-refractivity contribution in [2.24, 2.45) is 0 Å². The fourth-order valence-corrected chi connectivity index (χ4v) is 3.48. The van der Waals surface area contributed by atoms with Gasteiger partial charge in [0.1, 0.15) is 0 Å². The smallest absolute Gasteiger partial charge is 0.0728 e. The Kier molecular flexibility index (Phi) is 20.0. The van der Waals surface area contributed by atoms with Crippen LogP contribution in [0.15, 0.2) is 24.8 Å². The van der Waals surface area contributed by atoms with Crippen molar-refractivity contribution < 1.29 is 40.9 Å². The lowest BCUT2D eigenvalue weighted by molar-refractivity contribution is 0.0852. The SMILES string of the molecule is CN(Cc1cnc(CN(C)C(CO)CO)cn1)C(CO)CO.OCC(CO)NCc1cncc(CNC(CO)CO)n1. The maximum absolute atomic E-state index is 9.13. The van der Waals surface area contributed by atoms with Crippen LogP contribution in [0.25, 0.3) is 0 Å². The monoisotopic (exact) mass is 600 g/mol. The molecule has 2 aromatic heterocycles. The topological polar surface area (TPSA) is 244 Å². The molecule has 0 atom stereocenters. The van der Waals surface area contributed by atoms with Crippen LogP contribution in [-0.2, 0) is 26.2 Å². The van der Waals surface area contributed by atoms with Gasteiger partial charge in [-0.05, 0) is 14.1 Å².